The molecule has 2 aliphatic rings. The van der Waals surface area contributed by atoms with Crippen LogP contribution in [0.15, 0.2) is 12.1 Å². The molecular weight excluding hydrogens is 325 g/mol. The molecule has 2 fully saturated rings. The Bertz CT molecular complexity index is 554. The average molecular weight is 346 g/mol. The lowest BCUT2D eigenvalue weighted by Gasteiger charge is -2.36. The normalized spacial score (nSPS) is 28.6. The molecule has 0 aliphatic carbocycles. The number of benzene rings is 1. The predicted molar refractivity (Wildman–Crippen MR) is 86.7 cm³/mol. The maximum absolute atomic E-state index is 9.88. The lowest BCUT2D eigenvalue weighted by molar-refractivity contribution is -0.0417. The van der Waals surface area contributed by atoms with E-state index in [-0.39, 0.29) is 12.0 Å². The zero-order chi connectivity index (χ0) is 15.7. The van der Waals surface area contributed by atoms with E-state index in [9.17, 15) is 5.11 Å². The van der Waals surface area contributed by atoms with Crippen LogP contribution in [0.5, 0.6) is 5.75 Å². The summed E-state index contributed by atoms with van der Waals surface area (Å²) < 4.78 is 11.0. The van der Waals surface area contributed by atoms with Crippen molar-refractivity contribution >= 4 is 23.2 Å². The molecule has 0 spiro atoms. The van der Waals surface area contributed by atoms with E-state index in [0.717, 1.165) is 38.3 Å². The Hall–Kier alpha value is -0.520. The quantitative estimate of drug-likeness (QED) is 0.910. The third kappa shape index (κ3) is 2.95. The first-order chi connectivity index (χ1) is 10.6. The van der Waals surface area contributed by atoms with E-state index in [1.165, 1.54) is 0 Å². The first-order valence-corrected chi connectivity index (χ1v) is 8.26. The third-order valence-corrected chi connectivity index (χ3v) is 5.44. The lowest BCUT2D eigenvalue weighted by Crippen LogP contribution is -2.41. The van der Waals surface area contributed by atoms with Gasteiger partial charge in [0.1, 0.15) is 5.75 Å². The molecule has 0 saturated carbocycles. The molecule has 4 nitrogen and oxygen atoms in total. The van der Waals surface area contributed by atoms with Gasteiger partial charge in [-0.3, -0.25) is 4.90 Å². The number of rotatable bonds is 4. The van der Waals surface area contributed by atoms with Gasteiger partial charge in [-0.25, -0.2) is 0 Å². The van der Waals surface area contributed by atoms with E-state index in [1.54, 1.807) is 13.2 Å². The molecule has 3 rings (SSSR count). The molecule has 2 heterocycles. The van der Waals surface area contributed by atoms with Crippen LogP contribution in [0.1, 0.15) is 12.0 Å². The van der Waals surface area contributed by atoms with Crippen LogP contribution >= 0.6 is 23.2 Å². The Kier molecular flexibility index (Phi) is 4.86. The fourth-order valence-electron chi connectivity index (χ4n) is 3.74. The predicted octanol–water partition coefficient (Wildman–Crippen LogP) is 2.83. The molecule has 2 saturated heterocycles. The third-order valence-electron chi connectivity index (χ3n) is 4.94. The Morgan fingerprint density at radius 3 is 2.95 bits per heavy atom. The number of methoxy groups -OCH3 is 1. The maximum atomic E-state index is 9.88. The van der Waals surface area contributed by atoms with Gasteiger partial charge >= 0.3 is 0 Å². The summed E-state index contributed by atoms with van der Waals surface area (Å²) in [6.45, 7) is 4.16. The number of likely N-dealkylation sites (tertiary alicyclic amines) is 1. The molecule has 0 radical (unpaired) electrons. The summed E-state index contributed by atoms with van der Waals surface area (Å²) >= 11 is 12.3. The van der Waals surface area contributed by atoms with Crippen LogP contribution in [0, 0.1) is 11.3 Å². The van der Waals surface area contributed by atoms with Gasteiger partial charge < -0.3 is 14.6 Å². The standard InChI is InChI=1S/C16H21Cl2NO3/c1-21-15-11(4-13(17)5-14(15)18)6-19-7-12-8-22-3-2-16(12,9-19)10-20/h4-5,12,20H,2-3,6-10H2,1H3/t12-,16-/m1/s1. The van der Waals surface area contributed by atoms with Crippen molar-refractivity contribution in [3.63, 3.8) is 0 Å². The Morgan fingerprint density at radius 1 is 1.45 bits per heavy atom. The molecule has 1 aromatic carbocycles. The highest BCUT2D eigenvalue weighted by Crippen LogP contribution is 2.43. The molecule has 2 aliphatic heterocycles. The number of aliphatic hydroxyl groups is 1. The van der Waals surface area contributed by atoms with Gasteiger partial charge in [-0.1, -0.05) is 23.2 Å². The number of aliphatic hydroxyl groups excluding tert-OH is 1. The van der Waals surface area contributed by atoms with Crippen molar-refractivity contribution in [1.82, 2.24) is 4.90 Å². The van der Waals surface area contributed by atoms with E-state index < -0.39 is 0 Å². The number of fused-ring (bicyclic) bond motifs is 1. The Balaban J connectivity index is 1.80. The van der Waals surface area contributed by atoms with Crippen LogP contribution in [0.3, 0.4) is 0 Å². The van der Waals surface area contributed by atoms with Crippen molar-refractivity contribution in [2.24, 2.45) is 11.3 Å². The summed E-state index contributed by atoms with van der Waals surface area (Å²) in [5.74, 6) is 1.06. The summed E-state index contributed by atoms with van der Waals surface area (Å²) in [4.78, 5) is 2.33. The van der Waals surface area contributed by atoms with Gasteiger partial charge in [0.2, 0.25) is 0 Å². The highest BCUT2D eigenvalue weighted by atomic mass is 35.5. The van der Waals surface area contributed by atoms with Crippen LogP contribution in [0.25, 0.3) is 0 Å². The minimum Gasteiger partial charge on any atom is -0.495 e. The highest BCUT2D eigenvalue weighted by molar-refractivity contribution is 6.35. The molecule has 2 atom stereocenters. The van der Waals surface area contributed by atoms with Crippen molar-refractivity contribution in [1.29, 1.82) is 0 Å². The molecule has 0 bridgehead atoms. The van der Waals surface area contributed by atoms with Crippen molar-refractivity contribution in [2.45, 2.75) is 13.0 Å². The SMILES string of the molecule is COc1c(Cl)cc(Cl)cc1CN1C[C@@H]2COCC[C@]2(CO)C1. The minimum absolute atomic E-state index is 0.0339. The summed E-state index contributed by atoms with van der Waals surface area (Å²) in [7, 11) is 1.62. The molecule has 0 amide bonds. The number of ether oxygens (including phenoxy) is 2. The van der Waals surface area contributed by atoms with Crippen molar-refractivity contribution in [3.8, 4) is 5.75 Å². The van der Waals surface area contributed by atoms with Crippen LogP contribution in [0.4, 0.5) is 0 Å². The van der Waals surface area contributed by atoms with Gasteiger partial charge in [0.15, 0.2) is 0 Å². The number of nitrogens with zero attached hydrogens (tertiary/aromatic N) is 1. The number of hydrogen-bond acceptors (Lipinski definition) is 4. The van der Waals surface area contributed by atoms with Crippen LogP contribution in [0.2, 0.25) is 10.0 Å². The largest absolute Gasteiger partial charge is 0.495 e. The summed E-state index contributed by atoms with van der Waals surface area (Å²) in [5.41, 5.74) is 0.945. The van der Waals surface area contributed by atoms with Gasteiger partial charge in [-0.15, -0.1) is 0 Å². The summed E-state index contributed by atoms with van der Waals surface area (Å²) in [6, 6.07) is 3.59. The molecule has 6 heteroatoms. The molecule has 122 valence electrons. The maximum Gasteiger partial charge on any atom is 0.142 e. The Morgan fingerprint density at radius 2 is 2.27 bits per heavy atom. The fraction of sp³-hybridized carbons (Fsp3) is 0.625. The van der Waals surface area contributed by atoms with Crippen LogP contribution < -0.4 is 4.74 Å². The smallest absolute Gasteiger partial charge is 0.142 e. The molecular formula is C16H21Cl2NO3. The number of halogens is 2. The van der Waals surface area contributed by atoms with Gasteiger partial charge in [-0.05, 0) is 18.6 Å². The average Bonchev–Trinajstić information content (AvgIpc) is 2.85. The summed E-state index contributed by atoms with van der Waals surface area (Å²) in [6.07, 6.45) is 0.915. The monoisotopic (exact) mass is 345 g/mol. The lowest BCUT2D eigenvalue weighted by atomic mass is 9.75. The molecule has 1 aromatic rings. The van der Waals surface area contributed by atoms with Crippen molar-refractivity contribution in [2.75, 3.05) is 40.0 Å². The van der Waals surface area contributed by atoms with E-state index in [2.05, 4.69) is 4.90 Å². The highest BCUT2D eigenvalue weighted by Gasteiger charge is 2.47. The van der Waals surface area contributed by atoms with Crippen LogP contribution in [-0.4, -0.2) is 50.0 Å². The van der Waals surface area contributed by atoms with Gasteiger partial charge in [0.05, 0.1) is 25.3 Å². The van der Waals surface area contributed by atoms with Crippen LogP contribution in [-0.2, 0) is 11.3 Å². The second-order valence-corrected chi connectivity index (χ2v) is 7.14. The van der Waals surface area contributed by atoms with E-state index in [0.29, 0.717) is 28.3 Å². The Labute approximate surface area is 140 Å². The van der Waals surface area contributed by atoms with E-state index in [1.807, 2.05) is 6.07 Å². The second-order valence-electron chi connectivity index (χ2n) is 6.29. The minimum atomic E-state index is -0.0339. The fourth-order valence-corrected chi connectivity index (χ4v) is 4.35. The molecule has 0 aromatic heterocycles. The van der Waals surface area contributed by atoms with Gasteiger partial charge in [-0.2, -0.15) is 0 Å². The van der Waals surface area contributed by atoms with E-state index in [4.69, 9.17) is 32.7 Å². The summed E-state index contributed by atoms with van der Waals surface area (Å²) in [5, 5.41) is 11.0. The number of hydrogen-bond donors (Lipinski definition) is 1. The van der Waals surface area contributed by atoms with Crippen molar-refractivity contribution < 1.29 is 14.6 Å². The van der Waals surface area contributed by atoms with Gasteiger partial charge in [0.25, 0.3) is 0 Å². The zero-order valence-corrected chi connectivity index (χ0v) is 14.2. The topological polar surface area (TPSA) is 41.9 Å². The molecule has 0 unspecified atom stereocenters. The second kappa shape index (κ2) is 6.54. The van der Waals surface area contributed by atoms with Crippen molar-refractivity contribution in [3.05, 3.63) is 27.7 Å². The molecule has 22 heavy (non-hydrogen) atoms. The first kappa shape index (κ1) is 16.3. The van der Waals surface area contributed by atoms with E-state index >= 15 is 0 Å². The zero-order valence-electron chi connectivity index (χ0n) is 12.6. The first-order valence-electron chi connectivity index (χ1n) is 7.51. The van der Waals surface area contributed by atoms with Gasteiger partial charge in [0, 0.05) is 48.2 Å². The molecule has 1 N–H and O–H groups in total.